The minimum Gasteiger partial charge on any atom is -0.381 e. The van der Waals surface area contributed by atoms with Gasteiger partial charge >= 0.3 is 0 Å². The lowest BCUT2D eigenvalue weighted by Crippen LogP contribution is -2.18. The Morgan fingerprint density at radius 1 is 1.33 bits per heavy atom. The zero-order valence-corrected chi connectivity index (χ0v) is 11.4. The predicted molar refractivity (Wildman–Crippen MR) is 73.0 cm³/mol. The molecular weight excluding hydrogens is 228 g/mol. The number of methoxy groups -OCH3 is 1. The van der Waals surface area contributed by atoms with E-state index in [-0.39, 0.29) is 0 Å². The van der Waals surface area contributed by atoms with E-state index in [2.05, 4.69) is 27.5 Å². The van der Waals surface area contributed by atoms with Crippen molar-refractivity contribution in [1.29, 1.82) is 0 Å². The Bertz CT molecular complexity index is 374. The molecule has 0 amide bonds. The van der Waals surface area contributed by atoms with Gasteiger partial charge in [0.2, 0.25) is 0 Å². The van der Waals surface area contributed by atoms with Gasteiger partial charge in [0.15, 0.2) is 0 Å². The molecule has 0 bridgehead atoms. The zero-order chi connectivity index (χ0) is 13.0. The average molecular weight is 250 g/mol. The highest BCUT2D eigenvalue weighted by Crippen LogP contribution is 2.24. The molecule has 1 aromatic heterocycles. The van der Waals surface area contributed by atoms with E-state index in [1.807, 2.05) is 13.1 Å². The van der Waals surface area contributed by atoms with Crippen LogP contribution in [0.4, 0.5) is 11.6 Å². The van der Waals surface area contributed by atoms with Crippen LogP contribution in [0.3, 0.4) is 0 Å². The number of hydrogen-bond donors (Lipinski definition) is 2. The molecule has 0 saturated heterocycles. The second-order valence-corrected chi connectivity index (χ2v) is 4.67. The van der Waals surface area contributed by atoms with Gasteiger partial charge in [0.05, 0.1) is 6.10 Å². The summed E-state index contributed by atoms with van der Waals surface area (Å²) >= 11 is 0. The number of anilines is 2. The molecule has 0 radical (unpaired) electrons. The molecule has 0 spiro atoms. The molecule has 18 heavy (non-hydrogen) atoms. The Kier molecular flexibility index (Phi) is 4.36. The number of hydrogen-bond acceptors (Lipinski definition) is 5. The third-order valence-corrected chi connectivity index (χ3v) is 3.41. The monoisotopic (exact) mass is 250 g/mol. The molecule has 100 valence electrons. The maximum atomic E-state index is 5.38. The van der Waals surface area contributed by atoms with Gasteiger partial charge in [-0.25, -0.2) is 9.97 Å². The highest BCUT2D eigenvalue weighted by Gasteiger charge is 2.24. The van der Waals surface area contributed by atoms with E-state index in [1.165, 1.54) is 0 Å². The third kappa shape index (κ3) is 3.10. The van der Waals surface area contributed by atoms with E-state index >= 15 is 0 Å². The molecule has 5 nitrogen and oxygen atoms in total. The summed E-state index contributed by atoms with van der Waals surface area (Å²) in [5.74, 6) is 2.64. The first-order chi connectivity index (χ1) is 8.75. The number of aryl methyl sites for hydroxylation is 1. The Labute approximate surface area is 108 Å². The molecule has 0 aliphatic heterocycles. The first-order valence-electron chi connectivity index (χ1n) is 6.60. The van der Waals surface area contributed by atoms with Gasteiger partial charge in [0, 0.05) is 32.7 Å². The lowest BCUT2D eigenvalue weighted by atomic mass is 10.2. The molecule has 5 heteroatoms. The molecule has 2 N–H and O–H groups in total. The van der Waals surface area contributed by atoms with Crippen molar-refractivity contribution in [3.63, 3.8) is 0 Å². The Balaban J connectivity index is 2.04. The second-order valence-electron chi connectivity index (χ2n) is 4.67. The van der Waals surface area contributed by atoms with Crippen molar-refractivity contribution in [3.05, 3.63) is 11.9 Å². The average Bonchev–Trinajstić information content (AvgIpc) is 2.85. The molecule has 2 rings (SSSR count). The topological polar surface area (TPSA) is 59.1 Å². The molecule has 1 heterocycles. The van der Waals surface area contributed by atoms with E-state index in [1.54, 1.807) is 7.11 Å². The molecule has 1 fully saturated rings. The standard InChI is InChI=1S/C13H22N4O/c1-4-11-16-12(14-2)8-13(17-11)15-9-5-6-10(7-9)18-3/h8-10H,4-7H2,1-3H3,(H2,14,15,16,17). The summed E-state index contributed by atoms with van der Waals surface area (Å²) in [5, 5.41) is 6.55. The molecule has 1 aliphatic carbocycles. The second kappa shape index (κ2) is 6.00. The lowest BCUT2D eigenvalue weighted by molar-refractivity contribution is 0.108. The van der Waals surface area contributed by atoms with Crippen LogP contribution in [0.15, 0.2) is 6.07 Å². The first kappa shape index (κ1) is 13.1. The molecule has 0 aromatic carbocycles. The fraction of sp³-hybridized carbons (Fsp3) is 0.692. The Hall–Kier alpha value is -1.36. The maximum absolute atomic E-state index is 5.38. The summed E-state index contributed by atoms with van der Waals surface area (Å²) in [5.41, 5.74) is 0. The molecular formula is C13H22N4O. The van der Waals surface area contributed by atoms with Crippen molar-refractivity contribution >= 4 is 11.6 Å². The van der Waals surface area contributed by atoms with Crippen molar-refractivity contribution in [2.24, 2.45) is 0 Å². The highest BCUT2D eigenvalue weighted by atomic mass is 16.5. The fourth-order valence-corrected chi connectivity index (χ4v) is 2.35. The zero-order valence-electron chi connectivity index (χ0n) is 11.4. The fourth-order valence-electron chi connectivity index (χ4n) is 2.35. The summed E-state index contributed by atoms with van der Waals surface area (Å²) < 4.78 is 5.38. The summed E-state index contributed by atoms with van der Waals surface area (Å²) in [6, 6.07) is 2.42. The van der Waals surface area contributed by atoms with Crippen LogP contribution in [0.2, 0.25) is 0 Å². The van der Waals surface area contributed by atoms with Gasteiger partial charge in [-0.2, -0.15) is 0 Å². The molecule has 2 unspecified atom stereocenters. The van der Waals surface area contributed by atoms with Crippen LogP contribution < -0.4 is 10.6 Å². The summed E-state index contributed by atoms with van der Waals surface area (Å²) in [6.45, 7) is 2.06. The Morgan fingerprint density at radius 2 is 2.11 bits per heavy atom. The minimum atomic E-state index is 0.388. The highest BCUT2D eigenvalue weighted by molar-refractivity contribution is 5.47. The summed E-state index contributed by atoms with van der Waals surface area (Å²) in [4.78, 5) is 8.90. The van der Waals surface area contributed by atoms with Gasteiger partial charge < -0.3 is 15.4 Å². The van der Waals surface area contributed by atoms with Crippen molar-refractivity contribution < 1.29 is 4.74 Å². The van der Waals surface area contributed by atoms with Crippen LogP contribution in [-0.2, 0) is 11.2 Å². The van der Waals surface area contributed by atoms with Crippen LogP contribution in [0.25, 0.3) is 0 Å². The van der Waals surface area contributed by atoms with E-state index in [4.69, 9.17) is 4.74 Å². The van der Waals surface area contributed by atoms with E-state index in [9.17, 15) is 0 Å². The smallest absolute Gasteiger partial charge is 0.132 e. The number of aromatic nitrogens is 2. The molecule has 1 aromatic rings. The normalized spacial score (nSPS) is 23.1. The largest absolute Gasteiger partial charge is 0.381 e. The quantitative estimate of drug-likeness (QED) is 0.837. The molecule has 1 aliphatic rings. The number of nitrogens with zero attached hydrogens (tertiary/aromatic N) is 2. The van der Waals surface area contributed by atoms with Gasteiger partial charge in [-0.15, -0.1) is 0 Å². The lowest BCUT2D eigenvalue weighted by Gasteiger charge is -2.15. The molecule has 1 saturated carbocycles. The van der Waals surface area contributed by atoms with Crippen molar-refractivity contribution in [1.82, 2.24) is 9.97 Å². The molecule has 2 atom stereocenters. The van der Waals surface area contributed by atoms with Gasteiger partial charge in [-0.1, -0.05) is 6.92 Å². The minimum absolute atomic E-state index is 0.388. The number of rotatable bonds is 5. The van der Waals surface area contributed by atoms with Crippen molar-refractivity contribution in [2.45, 2.75) is 44.8 Å². The van der Waals surface area contributed by atoms with Crippen LogP contribution in [-0.4, -0.2) is 36.3 Å². The number of ether oxygens (including phenoxy) is 1. The van der Waals surface area contributed by atoms with Crippen LogP contribution in [0.5, 0.6) is 0 Å². The van der Waals surface area contributed by atoms with Crippen molar-refractivity contribution in [3.8, 4) is 0 Å². The first-order valence-corrected chi connectivity index (χ1v) is 6.60. The van der Waals surface area contributed by atoms with Crippen molar-refractivity contribution in [2.75, 3.05) is 24.8 Å². The third-order valence-electron chi connectivity index (χ3n) is 3.41. The van der Waals surface area contributed by atoms with E-state index < -0.39 is 0 Å². The van der Waals surface area contributed by atoms with E-state index in [0.29, 0.717) is 12.1 Å². The van der Waals surface area contributed by atoms with Gasteiger partial charge in [0.25, 0.3) is 0 Å². The SMILES string of the molecule is CCc1nc(NC)cc(NC2CCC(OC)C2)n1. The Morgan fingerprint density at radius 3 is 2.72 bits per heavy atom. The number of nitrogens with one attached hydrogen (secondary N) is 2. The predicted octanol–water partition coefficient (Wildman–Crippen LogP) is 2.06. The van der Waals surface area contributed by atoms with E-state index in [0.717, 1.165) is 43.1 Å². The van der Waals surface area contributed by atoms with Crippen LogP contribution in [0, 0.1) is 0 Å². The van der Waals surface area contributed by atoms with Crippen LogP contribution in [0.1, 0.15) is 32.0 Å². The van der Waals surface area contributed by atoms with Gasteiger partial charge in [0.1, 0.15) is 17.5 Å². The van der Waals surface area contributed by atoms with Gasteiger partial charge in [-0.05, 0) is 19.3 Å². The van der Waals surface area contributed by atoms with Crippen LogP contribution >= 0.6 is 0 Å². The summed E-state index contributed by atoms with van der Waals surface area (Å²) in [6.07, 6.45) is 4.54. The van der Waals surface area contributed by atoms with Gasteiger partial charge in [-0.3, -0.25) is 0 Å². The summed E-state index contributed by atoms with van der Waals surface area (Å²) in [7, 11) is 3.66. The maximum Gasteiger partial charge on any atom is 0.132 e.